The van der Waals surface area contributed by atoms with E-state index in [0.717, 1.165) is 0 Å². The van der Waals surface area contributed by atoms with Crippen LogP contribution < -0.4 is 0 Å². The molecule has 3 heteroatoms. The van der Waals surface area contributed by atoms with Crippen molar-refractivity contribution in [2.75, 3.05) is 6.61 Å². The number of carbonyl (C=O) groups excluding carboxylic acids is 1. The van der Waals surface area contributed by atoms with E-state index in [0.29, 0.717) is 5.75 Å². The van der Waals surface area contributed by atoms with Crippen LogP contribution in [-0.2, 0) is 9.53 Å². The first-order valence-electron chi connectivity index (χ1n) is 5.51. The quantitative estimate of drug-likeness (QED) is 0.384. The molecule has 0 heterocycles. The summed E-state index contributed by atoms with van der Waals surface area (Å²) in [4.78, 5) is 10.7. The predicted molar refractivity (Wildman–Crippen MR) is 73.2 cm³/mol. The average molecular weight is 246 g/mol. The van der Waals surface area contributed by atoms with Gasteiger partial charge in [-0.15, -0.1) is 0 Å². The van der Waals surface area contributed by atoms with Gasteiger partial charge in [0, 0.05) is 6.08 Å². The van der Waals surface area contributed by atoms with Crippen LogP contribution in [-0.4, -0.2) is 17.7 Å². The van der Waals surface area contributed by atoms with Crippen molar-refractivity contribution in [2.24, 2.45) is 0 Å². The van der Waals surface area contributed by atoms with Crippen LogP contribution in [0.2, 0.25) is 0 Å². The summed E-state index contributed by atoms with van der Waals surface area (Å²) in [6.07, 6.45) is 8.11. The minimum absolute atomic E-state index is 0.263. The highest BCUT2D eigenvalue weighted by Gasteiger charge is 1.90. The van der Waals surface area contributed by atoms with E-state index in [4.69, 9.17) is 5.11 Å². The maximum absolute atomic E-state index is 10.7. The Hall–Kier alpha value is -2.29. The number of ether oxygens (including phenoxy) is 1. The van der Waals surface area contributed by atoms with Crippen molar-refractivity contribution >= 4 is 5.97 Å². The number of para-hydroxylation sites is 1. The Kier molecular flexibility index (Phi) is 9.78. The number of rotatable bonds is 4. The number of hydrogen-bond donors (Lipinski definition) is 1. The van der Waals surface area contributed by atoms with Gasteiger partial charge in [-0.1, -0.05) is 49.1 Å². The van der Waals surface area contributed by atoms with E-state index >= 15 is 0 Å². The molecule has 0 fully saturated rings. The minimum atomic E-state index is -0.344. The smallest absolute Gasteiger partial charge is 0.331 e. The van der Waals surface area contributed by atoms with E-state index < -0.39 is 0 Å². The summed E-state index contributed by atoms with van der Waals surface area (Å²) in [6, 6.07) is 8.71. The number of benzene rings is 1. The second kappa shape index (κ2) is 11.2. The number of esters is 1. The number of phenolic OH excluding ortho intramolecular Hbond substituents is 1. The molecule has 0 saturated heterocycles. The van der Waals surface area contributed by atoms with Gasteiger partial charge in [-0.05, 0) is 19.1 Å². The molecule has 96 valence electrons. The van der Waals surface area contributed by atoms with Gasteiger partial charge in [0.25, 0.3) is 0 Å². The normalized spacial score (nSPS) is 9.83. The molecule has 0 spiro atoms. The standard InChI is InChI=1S/C9H12O2.C6H6O/c1-3-5-6-7-9(10)11-8-4-2;7-6-4-2-1-3-5-6/h3-7H,2,8H2,1H3;1-5,7H/b5-3+,7-6+;. The fraction of sp³-hybridized carbons (Fsp3) is 0.133. The zero-order valence-corrected chi connectivity index (χ0v) is 10.5. The lowest BCUT2D eigenvalue weighted by Gasteiger charge is -1.93. The van der Waals surface area contributed by atoms with E-state index in [1.165, 1.54) is 12.2 Å². The van der Waals surface area contributed by atoms with E-state index in [9.17, 15) is 4.79 Å². The molecule has 1 aromatic rings. The van der Waals surface area contributed by atoms with Gasteiger partial charge in [-0.3, -0.25) is 0 Å². The highest BCUT2D eigenvalue weighted by Crippen LogP contribution is 2.02. The van der Waals surface area contributed by atoms with Crippen LogP contribution in [0.3, 0.4) is 0 Å². The molecule has 0 aliphatic heterocycles. The molecule has 0 atom stereocenters. The van der Waals surface area contributed by atoms with Gasteiger partial charge in [0.05, 0.1) is 0 Å². The summed E-state index contributed by atoms with van der Waals surface area (Å²) in [7, 11) is 0. The maximum atomic E-state index is 10.7. The molecule has 1 rings (SSSR count). The second-order valence-electron chi connectivity index (χ2n) is 3.14. The maximum Gasteiger partial charge on any atom is 0.331 e. The van der Waals surface area contributed by atoms with Crippen molar-refractivity contribution in [1.82, 2.24) is 0 Å². The lowest BCUT2D eigenvalue weighted by Crippen LogP contribution is -1.99. The Morgan fingerprint density at radius 3 is 2.44 bits per heavy atom. The fourth-order valence-corrected chi connectivity index (χ4v) is 0.862. The van der Waals surface area contributed by atoms with Gasteiger partial charge in [-0.25, -0.2) is 4.79 Å². The zero-order chi connectivity index (χ0) is 13.6. The molecule has 0 unspecified atom stereocenters. The van der Waals surface area contributed by atoms with E-state index in [-0.39, 0.29) is 12.6 Å². The highest BCUT2D eigenvalue weighted by molar-refractivity contribution is 5.82. The van der Waals surface area contributed by atoms with Crippen LogP contribution in [0.25, 0.3) is 0 Å². The molecule has 0 saturated carbocycles. The van der Waals surface area contributed by atoms with Gasteiger partial charge in [0.1, 0.15) is 12.4 Å². The largest absolute Gasteiger partial charge is 0.508 e. The van der Waals surface area contributed by atoms with Gasteiger partial charge < -0.3 is 9.84 Å². The summed E-state index contributed by atoms with van der Waals surface area (Å²) in [5, 5.41) is 8.63. The molecule has 18 heavy (non-hydrogen) atoms. The average Bonchev–Trinajstić information content (AvgIpc) is 2.38. The molecular formula is C15H18O3. The Morgan fingerprint density at radius 1 is 1.33 bits per heavy atom. The van der Waals surface area contributed by atoms with Crippen LogP contribution in [0.4, 0.5) is 0 Å². The van der Waals surface area contributed by atoms with Gasteiger partial charge in [0.2, 0.25) is 0 Å². The second-order valence-corrected chi connectivity index (χ2v) is 3.14. The molecule has 0 bridgehead atoms. The topological polar surface area (TPSA) is 46.5 Å². The van der Waals surface area contributed by atoms with E-state index in [2.05, 4.69) is 11.3 Å². The van der Waals surface area contributed by atoms with Crippen molar-refractivity contribution < 1.29 is 14.6 Å². The van der Waals surface area contributed by atoms with Crippen molar-refractivity contribution in [3.8, 4) is 5.75 Å². The number of allylic oxidation sites excluding steroid dienone is 3. The number of aromatic hydroxyl groups is 1. The predicted octanol–water partition coefficient (Wildman–Crippen LogP) is 3.24. The zero-order valence-electron chi connectivity index (χ0n) is 10.5. The third kappa shape index (κ3) is 10.2. The summed E-state index contributed by atoms with van der Waals surface area (Å²) in [5.74, 6) is -0.0227. The van der Waals surface area contributed by atoms with Crippen LogP contribution >= 0.6 is 0 Å². The first-order valence-corrected chi connectivity index (χ1v) is 5.51. The number of phenols is 1. The van der Waals surface area contributed by atoms with Crippen LogP contribution in [0, 0.1) is 0 Å². The summed E-state index contributed by atoms with van der Waals surface area (Å²) >= 11 is 0. The molecule has 0 aliphatic carbocycles. The van der Waals surface area contributed by atoms with Crippen LogP contribution in [0.5, 0.6) is 5.75 Å². The monoisotopic (exact) mass is 246 g/mol. The third-order valence-corrected chi connectivity index (χ3v) is 1.64. The molecule has 0 aliphatic rings. The van der Waals surface area contributed by atoms with E-state index in [1.54, 1.807) is 36.4 Å². The van der Waals surface area contributed by atoms with Crippen LogP contribution in [0.1, 0.15) is 6.92 Å². The van der Waals surface area contributed by atoms with Crippen molar-refractivity contribution in [2.45, 2.75) is 6.92 Å². The molecular weight excluding hydrogens is 228 g/mol. The van der Waals surface area contributed by atoms with E-state index in [1.807, 2.05) is 19.1 Å². The summed E-state index contributed by atoms with van der Waals surface area (Å²) in [5.41, 5.74) is 0. The van der Waals surface area contributed by atoms with Gasteiger partial charge in [-0.2, -0.15) is 0 Å². The lowest BCUT2D eigenvalue weighted by molar-refractivity contribution is -0.136. The first kappa shape index (κ1) is 15.7. The summed E-state index contributed by atoms with van der Waals surface area (Å²) in [6.45, 7) is 5.55. The Labute approximate surface area is 108 Å². The van der Waals surface area contributed by atoms with Gasteiger partial charge >= 0.3 is 5.97 Å². The number of carbonyl (C=O) groups is 1. The molecule has 0 amide bonds. The molecule has 1 N–H and O–H groups in total. The van der Waals surface area contributed by atoms with Crippen LogP contribution in [0.15, 0.2) is 67.3 Å². The van der Waals surface area contributed by atoms with Crippen molar-refractivity contribution in [3.05, 3.63) is 67.3 Å². The Bertz CT molecular complexity index is 391. The Morgan fingerprint density at radius 2 is 2.00 bits per heavy atom. The lowest BCUT2D eigenvalue weighted by atomic mass is 10.3. The summed E-state index contributed by atoms with van der Waals surface area (Å²) < 4.78 is 4.66. The third-order valence-electron chi connectivity index (χ3n) is 1.64. The number of hydrogen-bond acceptors (Lipinski definition) is 3. The Balaban J connectivity index is 0.000000351. The SMILES string of the molecule is C=CCOC(=O)/C=C/C=C/C.Oc1ccccc1. The highest BCUT2D eigenvalue weighted by atomic mass is 16.5. The first-order chi connectivity index (χ1) is 8.70. The van der Waals surface area contributed by atoms with Gasteiger partial charge in [0.15, 0.2) is 0 Å². The molecule has 3 nitrogen and oxygen atoms in total. The fourth-order valence-electron chi connectivity index (χ4n) is 0.862. The molecule has 0 aromatic heterocycles. The molecule has 1 aromatic carbocycles. The minimum Gasteiger partial charge on any atom is -0.508 e. The molecule has 0 radical (unpaired) electrons. The van der Waals surface area contributed by atoms with Crippen molar-refractivity contribution in [1.29, 1.82) is 0 Å². The van der Waals surface area contributed by atoms with Crippen molar-refractivity contribution in [3.63, 3.8) is 0 Å².